The smallest absolute Gasteiger partial charge is 0.261 e. The average Bonchev–Trinajstić information content (AvgIpc) is 3.21. The maximum atomic E-state index is 14.6. The van der Waals surface area contributed by atoms with Crippen LogP contribution in [0, 0.1) is 11.8 Å². The van der Waals surface area contributed by atoms with Crippen molar-refractivity contribution in [2.45, 2.75) is 79.1 Å². The van der Waals surface area contributed by atoms with Gasteiger partial charge in [-0.2, -0.15) is 0 Å². The second kappa shape index (κ2) is 17.3. The first kappa shape index (κ1) is 40.9. The van der Waals surface area contributed by atoms with Crippen LogP contribution >= 0.6 is 15.9 Å². The quantitative estimate of drug-likeness (QED) is 0.0330. The Morgan fingerprint density at radius 3 is 1.51 bits per heavy atom. The number of carbonyl (C=O) groups is 4. The van der Waals surface area contributed by atoms with Crippen LogP contribution in [0.1, 0.15) is 120 Å². The molecule has 0 spiro atoms. The highest BCUT2D eigenvalue weighted by molar-refractivity contribution is 9.10. The van der Waals surface area contributed by atoms with Crippen molar-refractivity contribution in [1.82, 2.24) is 9.80 Å². The molecule has 2 aliphatic rings. The number of nitrogens with zero attached hydrogens (tertiary/aromatic N) is 2. The van der Waals surface area contributed by atoms with E-state index in [0.717, 1.165) is 51.4 Å². The fraction of sp³-hybridized carbons (Fsp3) is 0.478. The lowest BCUT2D eigenvalue weighted by Gasteiger charge is -2.33. The monoisotopic (exact) mass is 840 g/mol. The Labute approximate surface area is 342 Å². The number of halogens is 1. The first-order valence-corrected chi connectivity index (χ1v) is 21.4. The molecule has 2 unspecified atom stereocenters. The summed E-state index contributed by atoms with van der Waals surface area (Å²) in [5, 5.41) is 5.22. The lowest BCUT2D eigenvalue weighted by atomic mass is 9.81. The normalized spacial score (nSPS) is 15.3. The van der Waals surface area contributed by atoms with Gasteiger partial charge in [0.05, 0.1) is 24.3 Å². The van der Waals surface area contributed by atoms with E-state index in [9.17, 15) is 19.2 Å². The van der Waals surface area contributed by atoms with Gasteiger partial charge >= 0.3 is 0 Å². The Morgan fingerprint density at radius 2 is 1.02 bits per heavy atom. The van der Waals surface area contributed by atoms with Gasteiger partial charge in [0.25, 0.3) is 23.6 Å². The van der Waals surface area contributed by atoms with Gasteiger partial charge in [-0.1, -0.05) is 88.2 Å². The van der Waals surface area contributed by atoms with Crippen molar-refractivity contribution in [2.24, 2.45) is 11.8 Å². The van der Waals surface area contributed by atoms with E-state index in [4.69, 9.17) is 18.9 Å². The van der Waals surface area contributed by atoms with Crippen LogP contribution in [-0.4, -0.2) is 87.2 Å². The minimum atomic E-state index is -0.355. The highest BCUT2D eigenvalue weighted by Gasteiger charge is 2.40. The molecule has 0 N–H and O–H groups in total. The SMILES string of the molecule is CCCCC(CC)CN1C(=O)c2ccc3c4c(OCCOC)cc5c6c(cc(Br)c(c7c(OCCOC)cc(c2c37)C1=O)c64)C(=O)N(CC(CC)CCCC)C5=O. The van der Waals surface area contributed by atoms with Crippen LogP contribution < -0.4 is 9.47 Å². The summed E-state index contributed by atoms with van der Waals surface area (Å²) < 4.78 is 24.4. The number of fused-ring (bicyclic) bond motifs is 2. The predicted octanol–water partition coefficient (Wildman–Crippen LogP) is 10.2. The Kier molecular flexibility index (Phi) is 12.4. The number of methoxy groups -OCH3 is 2. The van der Waals surface area contributed by atoms with Crippen molar-refractivity contribution < 1.29 is 38.1 Å². The minimum Gasteiger partial charge on any atom is -0.490 e. The number of hydrogen-bond donors (Lipinski definition) is 0. The molecule has 11 heteroatoms. The molecule has 0 radical (unpaired) electrons. The average molecular weight is 842 g/mol. The fourth-order valence-electron chi connectivity index (χ4n) is 8.92. The maximum absolute atomic E-state index is 14.6. The van der Waals surface area contributed by atoms with Gasteiger partial charge in [0.1, 0.15) is 24.7 Å². The zero-order valence-corrected chi connectivity index (χ0v) is 35.6. The third-order valence-corrected chi connectivity index (χ3v) is 12.7. The molecule has 5 aromatic carbocycles. The predicted molar refractivity (Wildman–Crippen MR) is 227 cm³/mol. The van der Waals surface area contributed by atoms with Gasteiger partial charge in [-0.3, -0.25) is 29.0 Å². The second-order valence-corrected chi connectivity index (χ2v) is 16.3. The molecule has 0 saturated heterocycles. The number of carbonyl (C=O) groups excluding carboxylic acids is 4. The second-order valence-electron chi connectivity index (χ2n) is 15.5. The lowest BCUT2D eigenvalue weighted by molar-refractivity contribution is 0.0565. The van der Waals surface area contributed by atoms with Crippen LogP contribution in [0.15, 0.2) is 34.8 Å². The van der Waals surface area contributed by atoms with E-state index < -0.39 is 0 Å². The molecule has 7 rings (SSSR count). The Balaban J connectivity index is 1.54. The Hall–Kier alpha value is -4.32. The van der Waals surface area contributed by atoms with E-state index in [1.807, 2.05) is 12.1 Å². The molecule has 0 fully saturated rings. The van der Waals surface area contributed by atoms with Crippen LogP contribution in [0.2, 0.25) is 0 Å². The fourth-order valence-corrected chi connectivity index (χ4v) is 9.54. The molecule has 5 aromatic rings. The van der Waals surface area contributed by atoms with E-state index in [1.165, 1.54) is 9.80 Å². The number of imide groups is 2. The number of unbranched alkanes of at least 4 members (excludes halogenated alkanes) is 2. The van der Waals surface area contributed by atoms with Crippen molar-refractivity contribution >= 4 is 82.6 Å². The largest absolute Gasteiger partial charge is 0.490 e. The summed E-state index contributed by atoms with van der Waals surface area (Å²) in [5.74, 6) is -0.101. The molecule has 4 amide bonds. The number of ether oxygens (including phenoxy) is 4. The summed E-state index contributed by atoms with van der Waals surface area (Å²) in [6, 6.07) is 9.05. The molecule has 0 aliphatic carbocycles. The van der Waals surface area contributed by atoms with E-state index in [-0.39, 0.29) is 48.7 Å². The zero-order valence-electron chi connectivity index (χ0n) is 34.0. The van der Waals surface area contributed by atoms with Crippen LogP contribution in [-0.2, 0) is 9.47 Å². The molecule has 0 aromatic heterocycles. The van der Waals surface area contributed by atoms with Gasteiger partial charge in [-0.05, 0) is 54.3 Å². The van der Waals surface area contributed by atoms with Crippen molar-refractivity contribution in [3.8, 4) is 11.5 Å². The summed E-state index contributed by atoms with van der Waals surface area (Å²) in [5.41, 5.74) is 1.65. The summed E-state index contributed by atoms with van der Waals surface area (Å²) in [7, 11) is 3.20. The van der Waals surface area contributed by atoms with Gasteiger partial charge in [-0.15, -0.1) is 0 Å². The van der Waals surface area contributed by atoms with Crippen LogP contribution in [0.25, 0.3) is 43.1 Å². The van der Waals surface area contributed by atoms with Crippen molar-refractivity contribution in [2.75, 3.05) is 53.7 Å². The highest BCUT2D eigenvalue weighted by atomic mass is 79.9. The van der Waals surface area contributed by atoms with E-state index >= 15 is 0 Å². The molecule has 10 nitrogen and oxygen atoms in total. The number of rotatable bonds is 20. The third-order valence-electron chi connectivity index (χ3n) is 12.0. The molecular weight excluding hydrogens is 788 g/mol. The van der Waals surface area contributed by atoms with Gasteiger partial charge in [0.15, 0.2) is 0 Å². The molecular formula is C46H53BrN2O8. The van der Waals surface area contributed by atoms with E-state index in [1.54, 1.807) is 32.4 Å². The molecule has 0 saturated carbocycles. The van der Waals surface area contributed by atoms with Crippen LogP contribution in [0.4, 0.5) is 0 Å². The molecule has 2 heterocycles. The van der Waals surface area contributed by atoms with E-state index in [0.29, 0.717) is 108 Å². The van der Waals surface area contributed by atoms with Crippen LogP contribution in [0.3, 0.4) is 0 Å². The van der Waals surface area contributed by atoms with Gasteiger partial charge < -0.3 is 18.9 Å². The van der Waals surface area contributed by atoms with Crippen LogP contribution in [0.5, 0.6) is 11.5 Å². The van der Waals surface area contributed by atoms with Crippen molar-refractivity contribution in [3.05, 3.63) is 57.1 Å². The molecule has 0 bridgehead atoms. The highest BCUT2D eigenvalue weighted by Crippen LogP contribution is 2.53. The Bertz CT molecular complexity index is 2370. The molecule has 2 aliphatic heterocycles. The Morgan fingerprint density at radius 1 is 0.544 bits per heavy atom. The lowest BCUT2D eigenvalue weighted by Crippen LogP contribution is -2.43. The van der Waals surface area contributed by atoms with Crippen molar-refractivity contribution in [3.63, 3.8) is 0 Å². The van der Waals surface area contributed by atoms with Gasteiger partial charge in [-0.25, -0.2) is 0 Å². The maximum Gasteiger partial charge on any atom is 0.261 e. The van der Waals surface area contributed by atoms with E-state index in [2.05, 4.69) is 43.6 Å². The number of benzene rings is 5. The molecule has 2 atom stereocenters. The van der Waals surface area contributed by atoms with Gasteiger partial charge in [0.2, 0.25) is 0 Å². The standard InChI is InChI=1S/C46H53BrN2O8/c1-7-11-13-26(9-3)24-48-43(50)29-16-15-28-38-34(56-19-17-54-5)22-32-37-30(44(51)49(46(32)53)25-27(10-4)14-12-8-2)21-33(47)40(42(37)38)41-35(57-20-18-55-6)23-31(45(48)52)36(29)39(28)41/h15-16,21-23,26-27H,7-14,17-20,24-25H2,1-6H3. The summed E-state index contributed by atoms with van der Waals surface area (Å²) in [6.45, 7) is 10.2. The summed E-state index contributed by atoms with van der Waals surface area (Å²) in [6.07, 6.45) is 7.69. The summed E-state index contributed by atoms with van der Waals surface area (Å²) >= 11 is 3.89. The third kappa shape index (κ3) is 7.03. The zero-order chi connectivity index (χ0) is 40.5. The minimum absolute atomic E-state index is 0.178. The number of amides is 4. The number of hydrogen-bond acceptors (Lipinski definition) is 8. The molecule has 57 heavy (non-hydrogen) atoms. The van der Waals surface area contributed by atoms with Gasteiger partial charge in [0, 0.05) is 80.6 Å². The van der Waals surface area contributed by atoms with Crippen molar-refractivity contribution in [1.29, 1.82) is 0 Å². The molecule has 302 valence electrons. The summed E-state index contributed by atoms with van der Waals surface area (Å²) in [4.78, 5) is 60.9. The first-order chi connectivity index (χ1) is 27.6. The first-order valence-electron chi connectivity index (χ1n) is 20.6. The topological polar surface area (TPSA) is 112 Å².